The number of carbonyl (C=O) groups is 2. The van der Waals surface area contributed by atoms with Crippen LogP contribution in [-0.2, 0) is 4.79 Å². The van der Waals surface area contributed by atoms with Crippen molar-refractivity contribution in [2.45, 2.75) is 13.3 Å². The first kappa shape index (κ1) is 16.7. The number of carboxylic acid groups (broad SMARTS) is 1. The van der Waals surface area contributed by atoms with Crippen molar-refractivity contribution in [3.8, 4) is 5.75 Å². The van der Waals surface area contributed by atoms with Gasteiger partial charge in [0.2, 0.25) is 0 Å². The number of alkyl halides is 3. The molecule has 0 radical (unpaired) electrons. The topological polar surface area (TPSA) is 82.6 Å². The number of ether oxygens (including phenoxy) is 1. The Bertz CT molecular complexity index is 739. The van der Waals surface area contributed by atoms with E-state index in [9.17, 15) is 22.8 Å². The maximum Gasteiger partial charge on any atom is 0.573 e. The minimum absolute atomic E-state index is 0.0901. The van der Waals surface area contributed by atoms with Crippen LogP contribution in [0.25, 0.3) is 10.9 Å². The normalized spacial score (nSPS) is 11.5. The number of aromatic amines is 1. The molecule has 1 heterocycles. The number of H-pyrrole nitrogens is 1. The van der Waals surface area contributed by atoms with E-state index in [1.807, 2.05) is 0 Å². The molecule has 0 saturated heterocycles. The van der Waals surface area contributed by atoms with E-state index in [1.165, 1.54) is 12.1 Å². The number of fused-ring (bicyclic) bond motifs is 1. The molecule has 0 aliphatic rings. The number of nitrogens with one attached hydrogen (secondary N) is 1. The summed E-state index contributed by atoms with van der Waals surface area (Å²) in [4.78, 5) is 26.7. The van der Waals surface area contributed by atoms with Crippen molar-refractivity contribution in [3.63, 3.8) is 0 Å². The molecule has 0 aliphatic heterocycles. The number of likely N-dealkylation sites (N-methyl/N-ethyl adjacent to an activating group) is 1. The van der Waals surface area contributed by atoms with Crippen molar-refractivity contribution in [1.82, 2.24) is 9.88 Å². The summed E-state index contributed by atoms with van der Waals surface area (Å²) in [6.45, 7) is 1.34. The summed E-state index contributed by atoms with van der Waals surface area (Å²) in [6.07, 6.45) is -4.81. The number of hydrogen-bond donors (Lipinski definition) is 2. The van der Waals surface area contributed by atoms with Gasteiger partial charge in [-0.1, -0.05) is 0 Å². The van der Waals surface area contributed by atoms with Gasteiger partial charge in [0.15, 0.2) is 0 Å². The molecule has 1 amide bonds. The Labute approximate surface area is 128 Å². The highest BCUT2D eigenvalue weighted by atomic mass is 19.4. The molecule has 1 aromatic carbocycles. The Morgan fingerprint density at radius 1 is 1.30 bits per heavy atom. The Kier molecular flexibility index (Phi) is 4.48. The zero-order valence-corrected chi connectivity index (χ0v) is 12.0. The standard InChI is InChI=1S/C14H13F3N2O4/c1-2-19(7-12(20)21)13(22)11-5-8-3-4-9(6-10(8)18-11)23-14(15,16)17/h3-6,18H,2,7H2,1H3,(H,20,21). The zero-order chi connectivity index (χ0) is 17.2. The van der Waals surface area contributed by atoms with E-state index in [-0.39, 0.29) is 17.8 Å². The molecule has 0 spiro atoms. The average molecular weight is 330 g/mol. The van der Waals surface area contributed by atoms with Crippen molar-refractivity contribution in [3.05, 3.63) is 30.0 Å². The van der Waals surface area contributed by atoms with Gasteiger partial charge in [0, 0.05) is 23.5 Å². The first-order valence-electron chi connectivity index (χ1n) is 6.59. The maximum absolute atomic E-state index is 12.2. The predicted molar refractivity (Wildman–Crippen MR) is 74.2 cm³/mol. The third-order valence-corrected chi connectivity index (χ3v) is 3.05. The lowest BCUT2D eigenvalue weighted by atomic mass is 10.2. The number of hydrogen-bond acceptors (Lipinski definition) is 3. The van der Waals surface area contributed by atoms with E-state index in [4.69, 9.17) is 5.11 Å². The van der Waals surface area contributed by atoms with Crippen LogP contribution in [0.5, 0.6) is 5.75 Å². The molecular weight excluding hydrogens is 317 g/mol. The van der Waals surface area contributed by atoms with Crippen molar-refractivity contribution >= 4 is 22.8 Å². The van der Waals surface area contributed by atoms with E-state index in [0.29, 0.717) is 5.39 Å². The third kappa shape index (κ3) is 4.15. The van der Waals surface area contributed by atoms with E-state index >= 15 is 0 Å². The van der Waals surface area contributed by atoms with Crippen LogP contribution in [0.4, 0.5) is 13.2 Å². The van der Waals surface area contributed by atoms with Crippen LogP contribution in [-0.4, -0.2) is 46.3 Å². The van der Waals surface area contributed by atoms with Crippen LogP contribution >= 0.6 is 0 Å². The fourth-order valence-electron chi connectivity index (χ4n) is 2.08. The maximum atomic E-state index is 12.2. The largest absolute Gasteiger partial charge is 0.573 e. The summed E-state index contributed by atoms with van der Waals surface area (Å²) >= 11 is 0. The van der Waals surface area contributed by atoms with Crippen molar-refractivity contribution in [2.75, 3.05) is 13.1 Å². The monoisotopic (exact) mass is 330 g/mol. The van der Waals surface area contributed by atoms with Gasteiger partial charge >= 0.3 is 12.3 Å². The van der Waals surface area contributed by atoms with E-state index in [2.05, 4.69) is 9.72 Å². The highest BCUT2D eigenvalue weighted by Gasteiger charge is 2.31. The number of carboxylic acids is 1. The second-order valence-electron chi connectivity index (χ2n) is 4.69. The average Bonchev–Trinajstić information content (AvgIpc) is 2.85. The number of amides is 1. The van der Waals surface area contributed by atoms with Crippen molar-refractivity contribution in [2.24, 2.45) is 0 Å². The lowest BCUT2D eigenvalue weighted by Gasteiger charge is -2.17. The van der Waals surface area contributed by atoms with Crippen LogP contribution in [0, 0.1) is 0 Å². The first-order chi connectivity index (χ1) is 10.7. The molecule has 1 aromatic heterocycles. The number of carbonyl (C=O) groups excluding carboxylic acids is 1. The van der Waals surface area contributed by atoms with Gasteiger partial charge in [-0.2, -0.15) is 0 Å². The Morgan fingerprint density at radius 2 is 2.00 bits per heavy atom. The number of rotatable bonds is 5. The summed E-state index contributed by atoms with van der Waals surface area (Å²) in [5.74, 6) is -2.12. The predicted octanol–water partition coefficient (Wildman–Crippen LogP) is 2.61. The summed E-state index contributed by atoms with van der Waals surface area (Å²) in [5, 5.41) is 9.28. The molecule has 23 heavy (non-hydrogen) atoms. The molecule has 0 bridgehead atoms. The highest BCUT2D eigenvalue weighted by molar-refractivity contribution is 5.99. The van der Waals surface area contributed by atoms with Crippen LogP contribution in [0.15, 0.2) is 24.3 Å². The van der Waals surface area contributed by atoms with Crippen molar-refractivity contribution < 1.29 is 32.6 Å². The molecule has 2 aromatic rings. The smallest absolute Gasteiger partial charge is 0.480 e. The number of aromatic nitrogens is 1. The minimum Gasteiger partial charge on any atom is -0.480 e. The number of nitrogens with zero attached hydrogens (tertiary/aromatic N) is 1. The number of aliphatic carboxylic acids is 1. The second-order valence-corrected chi connectivity index (χ2v) is 4.69. The summed E-state index contributed by atoms with van der Waals surface area (Å²) < 4.78 is 40.4. The molecule has 0 atom stereocenters. The third-order valence-electron chi connectivity index (χ3n) is 3.05. The highest BCUT2D eigenvalue weighted by Crippen LogP contribution is 2.27. The fourth-order valence-corrected chi connectivity index (χ4v) is 2.08. The molecule has 2 rings (SSSR count). The van der Waals surface area contributed by atoms with Gasteiger partial charge < -0.3 is 19.7 Å². The SMILES string of the molecule is CCN(CC(=O)O)C(=O)c1cc2ccc(OC(F)(F)F)cc2[nH]1. The summed E-state index contributed by atoms with van der Waals surface area (Å²) in [6, 6.07) is 5.07. The summed E-state index contributed by atoms with van der Waals surface area (Å²) in [5.41, 5.74) is 0.369. The van der Waals surface area contributed by atoms with Crippen LogP contribution in [0.3, 0.4) is 0 Å². The fraction of sp³-hybridized carbons (Fsp3) is 0.286. The molecule has 0 unspecified atom stereocenters. The molecule has 0 aliphatic carbocycles. The summed E-state index contributed by atoms with van der Waals surface area (Å²) in [7, 11) is 0. The lowest BCUT2D eigenvalue weighted by molar-refractivity contribution is -0.274. The molecule has 0 saturated carbocycles. The van der Waals surface area contributed by atoms with Crippen LogP contribution in [0.2, 0.25) is 0 Å². The molecule has 6 nitrogen and oxygen atoms in total. The molecular formula is C14H13F3N2O4. The second kappa shape index (κ2) is 6.19. The van der Waals surface area contributed by atoms with Gasteiger partial charge in [0.25, 0.3) is 5.91 Å². The molecule has 2 N–H and O–H groups in total. The van der Waals surface area contributed by atoms with Gasteiger partial charge in [-0.3, -0.25) is 9.59 Å². The van der Waals surface area contributed by atoms with Gasteiger partial charge in [-0.05, 0) is 25.1 Å². The van der Waals surface area contributed by atoms with E-state index < -0.39 is 30.5 Å². The van der Waals surface area contributed by atoms with Crippen LogP contribution in [0.1, 0.15) is 17.4 Å². The molecule has 124 valence electrons. The van der Waals surface area contributed by atoms with Gasteiger partial charge in [-0.15, -0.1) is 13.2 Å². The number of benzene rings is 1. The minimum atomic E-state index is -4.81. The Hall–Kier alpha value is -2.71. The molecule has 0 fully saturated rings. The Balaban J connectivity index is 2.29. The van der Waals surface area contributed by atoms with Crippen molar-refractivity contribution in [1.29, 1.82) is 0 Å². The quantitative estimate of drug-likeness (QED) is 0.883. The van der Waals surface area contributed by atoms with Gasteiger partial charge in [0.1, 0.15) is 18.0 Å². The first-order valence-corrected chi connectivity index (χ1v) is 6.59. The number of halogens is 3. The van der Waals surface area contributed by atoms with E-state index in [1.54, 1.807) is 6.92 Å². The Morgan fingerprint density at radius 3 is 2.57 bits per heavy atom. The lowest BCUT2D eigenvalue weighted by Crippen LogP contribution is -2.35. The van der Waals surface area contributed by atoms with E-state index in [0.717, 1.165) is 17.0 Å². The zero-order valence-electron chi connectivity index (χ0n) is 12.0. The van der Waals surface area contributed by atoms with Gasteiger partial charge in [0.05, 0.1) is 0 Å². The van der Waals surface area contributed by atoms with Gasteiger partial charge in [-0.25, -0.2) is 0 Å². The molecule has 9 heteroatoms. The van der Waals surface area contributed by atoms with Crippen LogP contribution < -0.4 is 4.74 Å².